The van der Waals surface area contributed by atoms with Crippen molar-refractivity contribution in [3.63, 3.8) is 0 Å². The van der Waals surface area contributed by atoms with Crippen LogP contribution in [0.4, 0.5) is 0 Å². The largest absolute Gasteiger partial charge is 1.00 e. The number of aromatic amines is 1. The fraction of sp³-hybridized carbons (Fsp3) is 0.444. The molecule has 26 heavy (non-hydrogen) atoms. The molecule has 0 bridgehead atoms. The topological polar surface area (TPSA) is 110 Å². The molecule has 128 valence electrons. The Morgan fingerprint density at radius 3 is 2.85 bits per heavy atom. The van der Waals surface area contributed by atoms with Crippen LogP contribution in [0.3, 0.4) is 0 Å². The van der Waals surface area contributed by atoms with Gasteiger partial charge in [0.1, 0.15) is 17.0 Å². The Balaban J connectivity index is 0.00000196. The molecule has 3 aromatic rings. The molecule has 4 rings (SSSR count). The van der Waals surface area contributed by atoms with E-state index in [0.717, 1.165) is 42.2 Å². The van der Waals surface area contributed by atoms with Crippen molar-refractivity contribution in [1.82, 2.24) is 19.5 Å². The smallest absolute Gasteiger partial charge is 0.550 e. The predicted octanol–water partition coefficient (Wildman–Crippen LogP) is -1.15. The van der Waals surface area contributed by atoms with Crippen LogP contribution in [0.25, 0.3) is 22.1 Å². The van der Waals surface area contributed by atoms with E-state index in [4.69, 9.17) is 5.26 Å². The van der Waals surface area contributed by atoms with E-state index in [1.807, 2.05) is 12.3 Å². The minimum Gasteiger partial charge on any atom is -0.550 e. The van der Waals surface area contributed by atoms with Gasteiger partial charge in [-0.05, 0) is 37.7 Å². The first-order valence-electron chi connectivity index (χ1n) is 8.57. The Hall–Kier alpha value is -1.88. The summed E-state index contributed by atoms with van der Waals surface area (Å²) in [6.45, 7) is 0. The number of H-pyrrole nitrogens is 1. The van der Waals surface area contributed by atoms with Crippen LogP contribution in [0.1, 0.15) is 44.0 Å². The maximum Gasteiger partial charge on any atom is 1.00 e. The second-order valence-corrected chi connectivity index (χ2v) is 6.72. The number of fused-ring (bicyclic) bond motifs is 3. The summed E-state index contributed by atoms with van der Waals surface area (Å²) >= 11 is 0. The Morgan fingerprint density at radius 1 is 1.38 bits per heavy atom. The third-order valence-corrected chi connectivity index (χ3v) is 5.17. The van der Waals surface area contributed by atoms with Crippen LogP contribution in [-0.2, 0) is 11.2 Å². The zero-order valence-corrected chi connectivity index (χ0v) is 16.7. The van der Waals surface area contributed by atoms with Crippen LogP contribution in [0.15, 0.2) is 18.5 Å². The minimum atomic E-state index is -1.13. The fourth-order valence-corrected chi connectivity index (χ4v) is 4.02. The molecule has 7 nitrogen and oxygen atoms in total. The maximum atomic E-state index is 11.2. The number of nitrogens with zero attached hydrogens (tertiary/aromatic N) is 4. The number of nitriles is 1. The van der Waals surface area contributed by atoms with Gasteiger partial charge in [0.15, 0.2) is 0 Å². The number of carbonyl (C=O) groups is 1. The Morgan fingerprint density at radius 2 is 2.15 bits per heavy atom. The zero-order valence-electron chi connectivity index (χ0n) is 14.7. The van der Waals surface area contributed by atoms with Crippen molar-refractivity contribution < 1.29 is 39.5 Å². The van der Waals surface area contributed by atoms with Crippen molar-refractivity contribution in [3.8, 4) is 6.07 Å². The SMILES string of the molecule is N#CCC1CCC(n2c(CC(=O)[O-])nc3cnc4[nH]ccc4c32)CC1.[Na+]. The van der Waals surface area contributed by atoms with Crippen molar-refractivity contribution in [2.24, 2.45) is 5.92 Å². The summed E-state index contributed by atoms with van der Waals surface area (Å²) in [4.78, 5) is 23.2. The molecule has 0 unspecified atom stereocenters. The fourth-order valence-electron chi connectivity index (χ4n) is 4.02. The monoisotopic (exact) mass is 359 g/mol. The van der Waals surface area contributed by atoms with Crippen LogP contribution >= 0.6 is 0 Å². The molecule has 0 spiro atoms. The number of hydrogen-bond donors (Lipinski definition) is 1. The Labute approximate surface area is 172 Å². The molecular weight excluding hydrogens is 341 g/mol. The number of carboxylic acids is 1. The second kappa shape index (κ2) is 7.78. The van der Waals surface area contributed by atoms with Crippen LogP contribution < -0.4 is 34.7 Å². The molecule has 1 fully saturated rings. The van der Waals surface area contributed by atoms with Gasteiger partial charge in [0, 0.05) is 36.4 Å². The van der Waals surface area contributed by atoms with E-state index in [1.165, 1.54) is 0 Å². The first kappa shape index (κ1) is 18.9. The van der Waals surface area contributed by atoms with Gasteiger partial charge in [0.05, 0.1) is 17.8 Å². The molecule has 1 aliphatic rings. The number of carbonyl (C=O) groups excluding carboxylic acids is 1. The Bertz CT molecular complexity index is 979. The summed E-state index contributed by atoms with van der Waals surface area (Å²) in [5.41, 5.74) is 2.42. The molecular formula is C18H18N5NaO2. The van der Waals surface area contributed by atoms with Gasteiger partial charge in [0.25, 0.3) is 0 Å². The van der Waals surface area contributed by atoms with Gasteiger partial charge in [-0.1, -0.05) is 0 Å². The summed E-state index contributed by atoms with van der Waals surface area (Å²) in [6.07, 6.45) is 7.70. The van der Waals surface area contributed by atoms with Crippen molar-refractivity contribution >= 4 is 28.0 Å². The molecule has 0 atom stereocenters. The van der Waals surface area contributed by atoms with Gasteiger partial charge >= 0.3 is 29.6 Å². The number of rotatable bonds is 4. The van der Waals surface area contributed by atoms with Gasteiger partial charge in [-0.2, -0.15) is 5.26 Å². The number of pyridine rings is 1. The number of hydrogen-bond acceptors (Lipinski definition) is 5. The van der Waals surface area contributed by atoms with Crippen LogP contribution in [0.5, 0.6) is 0 Å². The molecule has 0 amide bonds. The van der Waals surface area contributed by atoms with E-state index < -0.39 is 5.97 Å². The summed E-state index contributed by atoms with van der Waals surface area (Å²) in [7, 11) is 0. The second-order valence-electron chi connectivity index (χ2n) is 6.72. The Kier molecular flexibility index (Phi) is 5.66. The van der Waals surface area contributed by atoms with Gasteiger partial charge in [-0.25, -0.2) is 9.97 Å². The van der Waals surface area contributed by atoms with E-state index in [9.17, 15) is 9.90 Å². The molecule has 3 aromatic heterocycles. The van der Waals surface area contributed by atoms with Gasteiger partial charge in [-0.3, -0.25) is 0 Å². The molecule has 0 aliphatic heterocycles. The molecule has 3 heterocycles. The van der Waals surface area contributed by atoms with Gasteiger partial charge < -0.3 is 19.5 Å². The zero-order chi connectivity index (χ0) is 17.4. The van der Waals surface area contributed by atoms with E-state index in [2.05, 4.69) is 25.6 Å². The van der Waals surface area contributed by atoms with Crippen molar-refractivity contribution in [2.75, 3.05) is 0 Å². The number of nitrogens with one attached hydrogen (secondary N) is 1. The molecule has 1 aliphatic carbocycles. The normalized spacial score (nSPS) is 20.0. The summed E-state index contributed by atoms with van der Waals surface area (Å²) in [5.74, 6) is -0.170. The van der Waals surface area contributed by atoms with Crippen molar-refractivity contribution in [2.45, 2.75) is 44.6 Å². The number of aliphatic carboxylic acids is 1. The first-order valence-corrected chi connectivity index (χ1v) is 8.57. The average molecular weight is 359 g/mol. The third kappa shape index (κ3) is 3.37. The van der Waals surface area contributed by atoms with Crippen molar-refractivity contribution in [1.29, 1.82) is 5.26 Å². The number of aromatic nitrogens is 4. The quantitative estimate of drug-likeness (QED) is 0.592. The van der Waals surface area contributed by atoms with Gasteiger partial charge in [0.2, 0.25) is 0 Å². The molecule has 0 saturated heterocycles. The molecule has 0 radical (unpaired) electrons. The van der Waals surface area contributed by atoms with Crippen LogP contribution in [0, 0.1) is 17.2 Å². The predicted molar refractivity (Wildman–Crippen MR) is 89.3 cm³/mol. The maximum absolute atomic E-state index is 11.2. The van der Waals surface area contributed by atoms with E-state index in [-0.39, 0.29) is 42.0 Å². The molecule has 0 aromatic carbocycles. The number of imidazole rings is 1. The summed E-state index contributed by atoms with van der Waals surface area (Å²) in [6, 6.07) is 4.40. The molecule has 8 heteroatoms. The standard InChI is InChI=1S/C18H19N5O2.Na/c19-7-5-11-1-3-12(4-2-11)23-15(9-16(24)25)22-14-10-21-18-13(17(14)23)6-8-20-18;/h6,8,10-12H,1-5,9H2,(H,20,21)(H,24,25);/q;+1/p-1. The molecule has 1 N–H and O–H groups in total. The van der Waals surface area contributed by atoms with Crippen molar-refractivity contribution in [3.05, 3.63) is 24.3 Å². The average Bonchev–Trinajstić information content (AvgIpc) is 3.19. The minimum absolute atomic E-state index is 0. The van der Waals surface area contributed by atoms with Gasteiger partial charge in [-0.15, -0.1) is 0 Å². The number of carboxylic acid groups (broad SMARTS) is 1. The molecule has 1 saturated carbocycles. The summed E-state index contributed by atoms with van der Waals surface area (Å²) < 4.78 is 2.07. The van der Waals surface area contributed by atoms with E-state index in [0.29, 0.717) is 23.7 Å². The summed E-state index contributed by atoms with van der Waals surface area (Å²) in [5, 5.41) is 21.1. The first-order chi connectivity index (χ1) is 12.2. The van der Waals surface area contributed by atoms with Crippen LogP contribution in [0.2, 0.25) is 0 Å². The van der Waals surface area contributed by atoms with E-state index in [1.54, 1.807) is 6.20 Å². The van der Waals surface area contributed by atoms with E-state index >= 15 is 0 Å². The third-order valence-electron chi connectivity index (χ3n) is 5.17. The van der Waals surface area contributed by atoms with Crippen LogP contribution in [-0.4, -0.2) is 25.5 Å².